The number of carbonyl (C=O) groups excluding carboxylic acids is 1. The van der Waals surface area contributed by atoms with E-state index in [1.807, 2.05) is 20.8 Å². The second-order valence-corrected chi connectivity index (χ2v) is 9.52. The van der Waals surface area contributed by atoms with Crippen molar-refractivity contribution in [3.8, 4) is 5.75 Å². The van der Waals surface area contributed by atoms with Gasteiger partial charge >= 0.3 is 5.97 Å². The highest BCUT2D eigenvalue weighted by Crippen LogP contribution is 2.31. The van der Waals surface area contributed by atoms with E-state index in [0.717, 1.165) is 37.7 Å². The Morgan fingerprint density at radius 2 is 1.43 bits per heavy atom. The van der Waals surface area contributed by atoms with E-state index >= 15 is 0 Å². The summed E-state index contributed by atoms with van der Waals surface area (Å²) in [6, 6.07) is 4.90. The topological polar surface area (TPSA) is 46.5 Å². The van der Waals surface area contributed by atoms with Gasteiger partial charge in [0.05, 0.1) is 12.2 Å². The minimum absolute atomic E-state index is 0.00620. The molecule has 0 saturated heterocycles. The highest BCUT2D eigenvalue weighted by atomic mass is 16.5. The SMILES string of the molecule is [2H]C(CCCCCCCCCCC)CCCCOC(=O)c1ccc(O)c(C(C)(C)C)c1. The predicted octanol–water partition coefficient (Wildman–Crippen LogP) is 8.33. The molecule has 0 spiro atoms. The summed E-state index contributed by atoms with van der Waals surface area (Å²) < 4.78 is 13.6. The number of phenolic OH excluding ortho intramolecular Hbond substituents is 1. The maximum Gasteiger partial charge on any atom is 0.338 e. The molecule has 1 N–H and O–H groups in total. The molecular formula is C27H46O3. The monoisotopic (exact) mass is 419 g/mol. The maximum atomic E-state index is 12.3. The molecule has 172 valence electrons. The zero-order chi connectivity index (χ0) is 23.1. The molecule has 30 heavy (non-hydrogen) atoms. The predicted molar refractivity (Wildman–Crippen MR) is 127 cm³/mol. The van der Waals surface area contributed by atoms with Gasteiger partial charge in [-0.15, -0.1) is 0 Å². The van der Waals surface area contributed by atoms with E-state index in [4.69, 9.17) is 6.11 Å². The van der Waals surface area contributed by atoms with Gasteiger partial charge in [0.2, 0.25) is 0 Å². The summed E-state index contributed by atoms with van der Waals surface area (Å²) in [5.41, 5.74) is 0.986. The van der Waals surface area contributed by atoms with Crippen molar-refractivity contribution >= 4 is 5.97 Å². The Morgan fingerprint density at radius 1 is 0.900 bits per heavy atom. The van der Waals surface area contributed by atoms with Crippen molar-refractivity contribution in [2.24, 2.45) is 0 Å². The molecule has 0 amide bonds. The summed E-state index contributed by atoms with van der Waals surface area (Å²) in [5, 5.41) is 10.0. The molecule has 0 bridgehead atoms. The molecule has 3 heteroatoms. The van der Waals surface area contributed by atoms with Crippen LogP contribution in [-0.4, -0.2) is 17.7 Å². The summed E-state index contributed by atoms with van der Waals surface area (Å²) in [6.45, 7) is 8.65. The normalized spacial score (nSPS) is 13.1. The number of esters is 1. The molecule has 1 atom stereocenters. The van der Waals surface area contributed by atoms with Gasteiger partial charge < -0.3 is 9.84 Å². The quantitative estimate of drug-likeness (QED) is 0.216. The summed E-state index contributed by atoms with van der Waals surface area (Å²) >= 11 is 0. The minimum Gasteiger partial charge on any atom is -0.508 e. The van der Waals surface area contributed by atoms with E-state index < -0.39 is 0 Å². The van der Waals surface area contributed by atoms with Crippen LogP contribution in [0.1, 0.15) is 135 Å². The fraction of sp³-hybridized carbons (Fsp3) is 0.741. The Labute approximate surface area is 187 Å². The second-order valence-electron chi connectivity index (χ2n) is 9.52. The first-order valence-corrected chi connectivity index (χ1v) is 12.2. The van der Waals surface area contributed by atoms with Gasteiger partial charge in [0, 0.05) is 6.93 Å². The van der Waals surface area contributed by atoms with Crippen LogP contribution in [0.3, 0.4) is 0 Å². The van der Waals surface area contributed by atoms with Gasteiger partial charge in [-0.3, -0.25) is 0 Å². The average molecular weight is 420 g/mol. The standard InChI is InChI=1S/C27H46O3/c1-5-6-7-8-9-10-11-12-13-14-15-16-17-18-21-30-26(29)23-19-20-25(28)24(22-23)27(2,3)4/h19-20,22,28H,5-18,21H2,1-4H3/i15D. The molecule has 0 aromatic heterocycles. The van der Waals surface area contributed by atoms with Crippen LogP contribution >= 0.6 is 0 Å². The van der Waals surface area contributed by atoms with E-state index in [1.165, 1.54) is 51.4 Å². The smallest absolute Gasteiger partial charge is 0.338 e. The van der Waals surface area contributed by atoms with Gasteiger partial charge in [0.25, 0.3) is 0 Å². The van der Waals surface area contributed by atoms with Gasteiger partial charge in [0.1, 0.15) is 5.75 Å². The number of aromatic hydroxyl groups is 1. The highest BCUT2D eigenvalue weighted by Gasteiger charge is 2.20. The van der Waals surface area contributed by atoms with Crippen molar-refractivity contribution < 1.29 is 16.0 Å². The van der Waals surface area contributed by atoms with E-state index in [9.17, 15) is 9.90 Å². The van der Waals surface area contributed by atoms with Crippen LogP contribution < -0.4 is 0 Å². The Balaban J connectivity index is 2.11. The molecule has 0 aliphatic rings. The van der Waals surface area contributed by atoms with Crippen molar-refractivity contribution in [2.75, 3.05) is 6.61 Å². The molecule has 3 nitrogen and oxygen atoms in total. The van der Waals surface area contributed by atoms with Crippen molar-refractivity contribution in [1.82, 2.24) is 0 Å². The van der Waals surface area contributed by atoms with Crippen LogP contribution in [0, 0.1) is 0 Å². The van der Waals surface area contributed by atoms with Crippen molar-refractivity contribution in [3.05, 3.63) is 29.3 Å². The lowest BCUT2D eigenvalue weighted by molar-refractivity contribution is 0.0497. The van der Waals surface area contributed by atoms with Crippen LogP contribution in [0.2, 0.25) is 0 Å². The molecule has 0 aliphatic carbocycles. The summed E-state index contributed by atoms with van der Waals surface area (Å²) in [6.07, 6.45) is 15.5. The van der Waals surface area contributed by atoms with Crippen LogP contribution in [0.25, 0.3) is 0 Å². The molecule has 1 aromatic carbocycles. The highest BCUT2D eigenvalue weighted by molar-refractivity contribution is 5.90. The molecule has 0 saturated carbocycles. The Kier molecular flexibility index (Phi) is 12.6. The first-order chi connectivity index (χ1) is 14.8. The molecule has 0 fully saturated rings. The number of benzene rings is 1. The number of rotatable bonds is 16. The van der Waals surface area contributed by atoms with Gasteiger partial charge in [-0.05, 0) is 30.0 Å². The fourth-order valence-corrected chi connectivity index (χ4v) is 3.65. The number of carbonyl (C=O) groups is 1. The molecule has 1 aromatic rings. The molecule has 1 unspecified atom stereocenters. The second kappa shape index (κ2) is 15.3. The summed E-state index contributed by atoms with van der Waals surface area (Å²) in [7, 11) is 0. The van der Waals surface area contributed by atoms with Crippen molar-refractivity contribution in [2.45, 2.75) is 123 Å². The molecule has 0 radical (unpaired) electrons. The molecule has 0 heterocycles. The lowest BCUT2D eigenvalue weighted by Gasteiger charge is -2.21. The van der Waals surface area contributed by atoms with Gasteiger partial charge in [-0.2, -0.15) is 0 Å². The number of unbranched alkanes of at least 4 members (excludes halogenated alkanes) is 9. The molecule has 1 rings (SSSR count). The Bertz CT molecular complexity index is 621. The maximum absolute atomic E-state index is 12.3. The van der Waals surface area contributed by atoms with Crippen molar-refractivity contribution in [1.29, 1.82) is 0 Å². The van der Waals surface area contributed by atoms with E-state index in [1.54, 1.807) is 18.2 Å². The van der Waals surface area contributed by atoms with E-state index in [0.29, 0.717) is 12.2 Å². The Hall–Kier alpha value is -1.51. The van der Waals surface area contributed by atoms with Crippen LogP contribution in [0.5, 0.6) is 5.75 Å². The van der Waals surface area contributed by atoms with Crippen LogP contribution in [0.15, 0.2) is 18.2 Å². The molecular weight excluding hydrogens is 372 g/mol. The third-order valence-corrected chi connectivity index (χ3v) is 5.59. The van der Waals surface area contributed by atoms with E-state index in [-0.39, 0.29) is 23.5 Å². The minimum atomic E-state index is -0.345. The zero-order valence-corrected chi connectivity index (χ0v) is 20.0. The summed E-state index contributed by atoms with van der Waals surface area (Å²) in [5.74, 6) is -0.139. The fourth-order valence-electron chi connectivity index (χ4n) is 3.65. The number of phenols is 1. The summed E-state index contributed by atoms with van der Waals surface area (Å²) in [4.78, 5) is 12.3. The number of hydrogen-bond acceptors (Lipinski definition) is 3. The van der Waals surface area contributed by atoms with Gasteiger partial charge in [0.15, 0.2) is 0 Å². The zero-order valence-electron chi connectivity index (χ0n) is 21.0. The van der Waals surface area contributed by atoms with Crippen molar-refractivity contribution in [3.63, 3.8) is 0 Å². The van der Waals surface area contributed by atoms with Gasteiger partial charge in [-0.25, -0.2) is 4.79 Å². The lowest BCUT2D eigenvalue weighted by atomic mass is 9.85. The molecule has 0 aliphatic heterocycles. The number of ether oxygens (including phenoxy) is 1. The Morgan fingerprint density at radius 3 is 2.00 bits per heavy atom. The van der Waals surface area contributed by atoms with Gasteiger partial charge in [-0.1, -0.05) is 111 Å². The first kappa shape index (κ1) is 24.8. The third-order valence-electron chi connectivity index (χ3n) is 5.59. The lowest BCUT2D eigenvalue weighted by Crippen LogP contribution is -2.14. The van der Waals surface area contributed by atoms with Crippen LogP contribution in [0.4, 0.5) is 0 Å². The number of hydrogen-bond donors (Lipinski definition) is 1. The third kappa shape index (κ3) is 11.6. The van der Waals surface area contributed by atoms with Crippen LogP contribution in [-0.2, 0) is 10.2 Å². The first-order valence-electron chi connectivity index (χ1n) is 12.8. The average Bonchev–Trinajstić information content (AvgIpc) is 2.71. The largest absolute Gasteiger partial charge is 0.508 e. The van der Waals surface area contributed by atoms with E-state index in [2.05, 4.69) is 6.92 Å².